The molecule has 0 spiro atoms. The number of hydrogen-bond donors (Lipinski definition) is 0. The Labute approximate surface area is 136 Å². The number of rotatable bonds is 4. The van der Waals surface area contributed by atoms with Gasteiger partial charge in [0, 0.05) is 10.9 Å². The molecule has 0 unspecified atom stereocenters. The van der Waals surface area contributed by atoms with Crippen molar-refractivity contribution in [2.24, 2.45) is 0 Å². The Morgan fingerprint density at radius 3 is 1.82 bits per heavy atom. The van der Waals surface area contributed by atoms with Crippen molar-refractivity contribution in [3.05, 3.63) is 60.2 Å². The second-order valence-electron chi connectivity index (χ2n) is 4.65. The normalized spacial score (nSPS) is 11.0. The van der Waals surface area contributed by atoms with E-state index in [2.05, 4.69) is 44.2 Å². The standard InChI is InChI=1S/C10H15S.C7H8O3S/c1-3-11(4-2)10-8-6-5-7-9-10;1-6-2-4-7(5-3-6)11(8,9)10/h5-9H,3-4H2,1-2H3;2-5H,1H3,(H,8,9,10)/q+1;/p-1. The molecular formula is C17H22O3S2. The fraction of sp³-hybridized carbons (Fsp3) is 0.294. The molecule has 120 valence electrons. The molecule has 22 heavy (non-hydrogen) atoms. The summed E-state index contributed by atoms with van der Waals surface area (Å²) in [5, 5.41) is 0. The molecule has 0 aromatic heterocycles. The molecule has 0 bridgehead atoms. The maximum Gasteiger partial charge on any atom is 0.154 e. The zero-order chi connectivity index (χ0) is 16.6. The van der Waals surface area contributed by atoms with Crippen LogP contribution < -0.4 is 0 Å². The van der Waals surface area contributed by atoms with Gasteiger partial charge in [-0.25, -0.2) is 8.42 Å². The van der Waals surface area contributed by atoms with E-state index in [1.54, 1.807) is 12.1 Å². The summed E-state index contributed by atoms with van der Waals surface area (Å²) in [5.74, 6) is 2.56. The molecule has 2 aromatic rings. The largest absolute Gasteiger partial charge is 0.744 e. The van der Waals surface area contributed by atoms with Crippen molar-refractivity contribution in [2.45, 2.75) is 30.6 Å². The molecule has 0 aliphatic carbocycles. The van der Waals surface area contributed by atoms with Crippen LogP contribution in [0.25, 0.3) is 0 Å². The molecule has 0 aliphatic rings. The maximum atomic E-state index is 10.4. The number of hydrogen-bond acceptors (Lipinski definition) is 3. The van der Waals surface area contributed by atoms with Crippen LogP contribution in [0.5, 0.6) is 0 Å². The van der Waals surface area contributed by atoms with Gasteiger partial charge in [-0.15, -0.1) is 0 Å². The Kier molecular flexibility index (Phi) is 7.65. The summed E-state index contributed by atoms with van der Waals surface area (Å²) in [6.45, 7) is 6.35. The van der Waals surface area contributed by atoms with Crippen LogP contribution in [0, 0.1) is 6.92 Å². The second kappa shape index (κ2) is 8.98. The van der Waals surface area contributed by atoms with Crippen molar-refractivity contribution in [1.82, 2.24) is 0 Å². The third-order valence-electron chi connectivity index (χ3n) is 3.08. The molecule has 0 aliphatic heterocycles. The van der Waals surface area contributed by atoms with Crippen LogP contribution in [-0.2, 0) is 21.0 Å². The predicted octanol–water partition coefficient (Wildman–Crippen LogP) is 3.60. The average Bonchev–Trinajstić information content (AvgIpc) is 2.50. The van der Waals surface area contributed by atoms with Crippen molar-refractivity contribution in [1.29, 1.82) is 0 Å². The van der Waals surface area contributed by atoms with E-state index in [9.17, 15) is 13.0 Å². The van der Waals surface area contributed by atoms with Crippen LogP contribution in [0.3, 0.4) is 0 Å². The monoisotopic (exact) mass is 338 g/mol. The Hall–Kier alpha value is -1.30. The lowest BCUT2D eigenvalue weighted by Crippen LogP contribution is -2.07. The minimum Gasteiger partial charge on any atom is -0.744 e. The third kappa shape index (κ3) is 6.22. The van der Waals surface area contributed by atoms with Gasteiger partial charge in [0.1, 0.15) is 21.6 Å². The first-order valence-corrected chi connectivity index (χ1v) is 10.1. The molecule has 0 heterocycles. The molecule has 2 rings (SSSR count). The van der Waals surface area contributed by atoms with Crippen molar-refractivity contribution in [2.75, 3.05) is 11.5 Å². The minimum absolute atomic E-state index is 0.178. The maximum absolute atomic E-state index is 10.4. The molecule has 3 nitrogen and oxygen atoms in total. The lowest BCUT2D eigenvalue weighted by molar-refractivity contribution is 0.463. The van der Waals surface area contributed by atoms with Crippen molar-refractivity contribution >= 4 is 21.0 Å². The van der Waals surface area contributed by atoms with E-state index in [-0.39, 0.29) is 4.90 Å². The Balaban J connectivity index is 0.000000220. The van der Waals surface area contributed by atoms with E-state index in [0.29, 0.717) is 10.9 Å². The molecular weight excluding hydrogens is 316 g/mol. The highest BCUT2D eigenvalue weighted by molar-refractivity contribution is 7.96. The van der Waals surface area contributed by atoms with Gasteiger partial charge in [-0.05, 0) is 45.0 Å². The van der Waals surface area contributed by atoms with Gasteiger partial charge in [0.25, 0.3) is 0 Å². The van der Waals surface area contributed by atoms with Gasteiger partial charge in [-0.3, -0.25) is 0 Å². The molecule has 0 amide bonds. The van der Waals surface area contributed by atoms with Gasteiger partial charge in [0.05, 0.1) is 4.90 Å². The minimum atomic E-state index is -4.27. The summed E-state index contributed by atoms with van der Waals surface area (Å²) >= 11 is 0. The van der Waals surface area contributed by atoms with Crippen LogP contribution in [-0.4, -0.2) is 24.5 Å². The summed E-state index contributed by atoms with van der Waals surface area (Å²) in [7, 11) is -3.77. The van der Waals surface area contributed by atoms with Crippen molar-refractivity contribution in [3.63, 3.8) is 0 Å². The number of aryl methyl sites for hydroxylation is 1. The van der Waals surface area contributed by atoms with Gasteiger partial charge in [0.2, 0.25) is 0 Å². The highest BCUT2D eigenvalue weighted by atomic mass is 32.2. The first kappa shape index (κ1) is 18.7. The van der Waals surface area contributed by atoms with Gasteiger partial charge >= 0.3 is 0 Å². The Morgan fingerprint density at radius 2 is 1.41 bits per heavy atom. The Morgan fingerprint density at radius 1 is 0.909 bits per heavy atom. The molecule has 0 N–H and O–H groups in total. The molecule has 0 radical (unpaired) electrons. The van der Waals surface area contributed by atoms with Crippen molar-refractivity contribution in [3.8, 4) is 0 Å². The van der Waals surface area contributed by atoms with E-state index >= 15 is 0 Å². The zero-order valence-corrected chi connectivity index (χ0v) is 14.8. The SMILES string of the molecule is CC[S+](CC)c1ccccc1.Cc1ccc(S(=O)(=O)[O-])cc1. The molecule has 0 fully saturated rings. The van der Waals surface area contributed by atoms with Crippen LogP contribution in [0.1, 0.15) is 19.4 Å². The second-order valence-corrected chi connectivity index (χ2v) is 8.64. The lowest BCUT2D eigenvalue weighted by Gasteiger charge is -2.05. The molecule has 2 aromatic carbocycles. The first-order valence-electron chi connectivity index (χ1n) is 7.13. The van der Waals surface area contributed by atoms with Crippen LogP contribution in [0.4, 0.5) is 0 Å². The van der Waals surface area contributed by atoms with E-state index < -0.39 is 10.1 Å². The summed E-state index contributed by atoms with van der Waals surface area (Å²) in [6, 6.07) is 16.6. The molecule has 5 heteroatoms. The molecule has 0 saturated carbocycles. The van der Waals surface area contributed by atoms with E-state index in [0.717, 1.165) is 5.56 Å². The van der Waals surface area contributed by atoms with Gasteiger partial charge in [-0.1, -0.05) is 35.9 Å². The fourth-order valence-electron chi connectivity index (χ4n) is 1.86. The summed E-state index contributed by atoms with van der Waals surface area (Å²) in [6.07, 6.45) is 0. The summed E-state index contributed by atoms with van der Waals surface area (Å²) in [5.41, 5.74) is 0.928. The smallest absolute Gasteiger partial charge is 0.154 e. The topological polar surface area (TPSA) is 57.2 Å². The van der Waals surface area contributed by atoms with Gasteiger partial charge in [0.15, 0.2) is 4.90 Å². The van der Waals surface area contributed by atoms with Crippen LogP contribution >= 0.6 is 0 Å². The van der Waals surface area contributed by atoms with Gasteiger partial charge in [-0.2, -0.15) is 0 Å². The van der Waals surface area contributed by atoms with E-state index in [1.807, 2.05) is 6.92 Å². The average molecular weight is 338 g/mol. The van der Waals surface area contributed by atoms with Crippen LogP contribution in [0.2, 0.25) is 0 Å². The van der Waals surface area contributed by atoms with Crippen molar-refractivity contribution < 1.29 is 13.0 Å². The molecule has 0 saturated heterocycles. The van der Waals surface area contributed by atoms with E-state index in [1.165, 1.54) is 28.5 Å². The predicted molar refractivity (Wildman–Crippen MR) is 92.3 cm³/mol. The molecule has 0 atom stereocenters. The fourth-order valence-corrected chi connectivity index (χ4v) is 3.94. The highest BCUT2D eigenvalue weighted by Crippen LogP contribution is 2.12. The Bertz CT molecular complexity index is 646. The number of benzene rings is 2. The lowest BCUT2D eigenvalue weighted by atomic mass is 10.2. The highest BCUT2D eigenvalue weighted by Gasteiger charge is 2.14. The quantitative estimate of drug-likeness (QED) is 0.632. The van der Waals surface area contributed by atoms with Crippen LogP contribution in [0.15, 0.2) is 64.4 Å². The zero-order valence-electron chi connectivity index (χ0n) is 13.2. The van der Waals surface area contributed by atoms with E-state index in [4.69, 9.17) is 0 Å². The third-order valence-corrected chi connectivity index (χ3v) is 6.27. The first-order chi connectivity index (χ1) is 10.4. The van der Waals surface area contributed by atoms with Gasteiger partial charge < -0.3 is 4.55 Å². The summed E-state index contributed by atoms with van der Waals surface area (Å²) < 4.78 is 31.2. The summed E-state index contributed by atoms with van der Waals surface area (Å²) in [4.78, 5) is 1.33.